The molecule has 0 aliphatic carbocycles. The van der Waals surface area contributed by atoms with E-state index < -0.39 is 33.4 Å². The number of nitrogens with one attached hydrogen (secondary N) is 1. The summed E-state index contributed by atoms with van der Waals surface area (Å²) < 4.78 is 32.5. The summed E-state index contributed by atoms with van der Waals surface area (Å²) in [5.41, 5.74) is 2.20. The van der Waals surface area contributed by atoms with Crippen molar-refractivity contribution in [1.82, 2.24) is 4.72 Å². The molecule has 2 N–H and O–H groups in total. The first kappa shape index (κ1) is 16.9. The Hall–Kier alpha value is -1.44. The van der Waals surface area contributed by atoms with Crippen molar-refractivity contribution in [2.24, 2.45) is 0 Å². The average Bonchev–Trinajstić information content (AvgIpc) is 2.81. The van der Waals surface area contributed by atoms with Gasteiger partial charge in [-0.25, -0.2) is 8.42 Å². The largest absolute Gasteiger partial charge is 0.480 e. The lowest BCUT2D eigenvalue weighted by Crippen LogP contribution is -2.42. The highest BCUT2D eigenvalue weighted by Crippen LogP contribution is 2.24. The summed E-state index contributed by atoms with van der Waals surface area (Å²) >= 11 is 0. The molecule has 1 aliphatic heterocycles. The van der Waals surface area contributed by atoms with Gasteiger partial charge in [0.05, 0.1) is 6.10 Å². The lowest BCUT2D eigenvalue weighted by Gasteiger charge is -2.21. The number of carboxylic acids is 1. The maximum Gasteiger partial charge on any atom is 0.326 e. The highest BCUT2D eigenvalue weighted by atomic mass is 32.2. The fourth-order valence-corrected chi connectivity index (χ4v) is 4.54. The fourth-order valence-electron chi connectivity index (χ4n) is 2.81. The second-order valence-corrected chi connectivity index (χ2v) is 7.69. The van der Waals surface area contributed by atoms with Gasteiger partial charge in [0.25, 0.3) is 0 Å². The molecule has 0 spiro atoms. The highest BCUT2D eigenvalue weighted by molar-refractivity contribution is 7.90. The number of rotatable bonds is 5. The van der Waals surface area contributed by atoms with Crippen LogP contribution in [-0.2, 0) is 19.6 Å². The van der Waals surface area contributed by atoms with Crippen molar-refractivity contribution in [3.05, 3.63) is 34.9 Å². The summed E-state index contributed by atoms with van der Waals surface area (Å²) in [7, 11) is -3.78. The fraction of sp³-hybridized carbons (Fsp3) is 0.533. The summed E-state index contributed by atoms with van der Waals surface area (Å²) in [6.07, 6.45) is -0.0680. The standard InChI is InChI=1S/C15H21NO5S/c1-9-6-10(2)8-12(7-9)14(15(17)18)16-22(19,20)13-4-5-21-11(13)3/h6-8,11,13-14,16H,4-5H2,1-3H3,(H,17,18). The van der Waals surface area contributed by atoms with Crippen LogP contribution in [0.5, 0.6) is 0 Å². The Morgan fingerprint density at radius 3 is 2.36 bits per heavy atom. The van der Waals surface area contributed by atoms with Crippen LogP contribution in [0.2, 0.25) is 0 Å². The molecule has 3 atom stereocenters. The number of hydrogen-bond acceptors (Lipinski definition) is 4. The van der Waals surface area contributed by atoms with Crippen LogP contribution in [0.4, 0.5) is 0 Å². The zero-order valence-corrected chi connectivity index (χ0v) is 13.7. The molecule has 7 heteroatoms. The number of carboxylic acid groups (broad SMARTS) is 1. The van der Waals surface area contributed by atoms with Crippen LogP contribution < -0.4 is 4.72 Å². The Kier molecular flexibility index (Phi) is 4.89. The van der Waals surface area contributed by atoms with E-state index in [4.69, 9.17) is 4.74 Å². The maximum absolute atomic E-state index is 12.4. The molecule has 1 heterocycles. The maximum atomic E-state index is 12.4. The number of ether oxygens (including phenoxy) is 1. The number of aliphatic carboxylic acids is 1. The van der Waals surface area contributed by atoms with E-state index in [0.29, 0.717) is 18.6 Å². The minimum Gasteiger partial charge on any atom is -0.480 e. The molecule has 3 unspecified atom stereocenters. The van der Waals surface area contributed by atoms with Crippen molar-refractivity contribution in [2.75, 3.05) is 6.61 Å². The van der Waals surface area contributed by atoms with Crippen molar-refractivity contribution in [3.63, 3.8) is 0 Å². The summed E-state index contributed by atoms with van der Waals surface area (Å²) in [5, 5.41) is 8.70. The molecule has 0 radical (unpaired) electrons. The number of carbonyl (C=O) groups is 1. The monoisotopic (exact) mass is 327 g/mol. The highest BCUT2D eigenvalue weighted by Gasteiger charge is 2.38. The molecule has 6 nitrogen and oxygen atoms in total. The van der Waals surface area contributed by atoms with Crippen molar-refractivity contribution in [1.29, 1.82) is 0 Å². The molecule has 2 rings (SSSR count). The van der Waals surface area contributed by atoms with Crippen molar-refractivity contribution < 1.29 is 23.1 Å². The first-order valence-corrected chi connectivity index (χ1v) is 8.69. The second kappa shape index (κ2) is 6.36. The molecule has 0 bridgehead atoms. The summed E-state index contributed by atoms with van der Waals surface area (Å²) in [4.78, 5) is 11.5. The van der Waals surface area contributed by atoms with E-state index in [1.807, 2.05) is 19.9 Å². The van der Waals surface area contributed by atoms with Gasteiger partial charge in [0.2, 0.25) is 10.0 Å². The third-order valence-electron chi connectivity index (χ3n) is 3.81. The molecular weight excluding hydrogens is 306 g/mol. The molecule has 1 aromatic carbocycles. The normalized spacial score (nSPS) is 23.4. The van der Waals surface area contributed by atoms with Crippen molar-refractivity contribution >= 4 is 16.0 Å². The van der Waals surface area contributed by atoms with Crippen LogP contribution in [0.25, 0.3) is 0 Å². The van der Waals surface area contributed by atoms with Gasteiger partial charge in [-0.05, 0) is 32.8 Å². The zero-order valence-electron chi connectivity index (χ0n) is 12.9. The zero-order chi connectivity index (χ0) is 16.5. The third kappa shape index (κ3) is 3.66. The lowest BCUT2D eigenvalue weighted by atomic mass is 10.0. The minimum atomic E-state index is -3.78. The van der Waals surface area contributed by atoms with Crippen LogP contribution >= 0.6 is 0 Å². The van der Waals surface area contributed by atoms with Crippen LogP contribution in [0.3, 0.4) is 0 Å². The molecule has 1 aliphatic rings. The summed E-state index contributed by atoms with van der Waals surface area (Å²) in [6.45, 7) is 5.74. The van der Waals surface area contributed by atoms with Crippen LogP contribution in [0, 0.1) is 13.8 Å². The Balaban J connectivity index is 2.31. The topological polar surface area (TPSA) is 92.7 Å². The van der Waals surface area contributed by atoms with E-state index in [1.54, 1.807) is 19.1 Å². The number of aryl methyl sites for hydroxylation is 2. The summed E-state index contributed by atoms with van der Waals surface area (Å²) in [6, 6.07) is 3.98. The van der Waals surface area contributed by atoms with Gasteiger partial charge in [-0.2, -0.15) is 4.72 Å². The molecule has 0 amide bonds. The number of benzene rings is 1. The molecule has 0 aromatic heterocycles. The smallest absolute Gasteiger partial charge is 0.326 e. The number of sulfonamides is 1. The minimum absolute atomic E-state index is 0.369. The molecule has 122 valence electrons. The molecule has 1 saturated heterocycles. The summed E-state index contributed by atoms with van der Waals surface area (Å²) in [5.74, 6) is -1.22. The first-order chi connectivity index (χ1) is 10.2. The van der Waals surface area contributed by atoms with Crippen molar-refractivity contribution in [2.45, 2.75) is 44.6 Å². The van der Waals surface area contributed by atoms with Crippen LogP contribution in [-0.4, -0.2) is 37.5 Å². The van der Waals surface area contributed by atoms with Gasteiger partial charge in [-0.15, -0.1) is 0 Å². The second-order valence-electron chi connectivity index (χ2n) is 5.76. The van der Waals surface area contributed by atoms with E-state index in [9.17, 15) is 18.3 Å². The van der Waals surface area contributed by atoms with E-state index in [2.05, 4.69) is 4.72 Å². The van der Waals surface area contributed by atoms with Gasteiger partial charge in [0, 0.05) is 6.61 Å². The third-order valence-corrected chi connectivity index (χ3v) is 5.79. The van der Waals surface area contributed by atoms with E-state index >= 15 is 0 Å². The van der Waals surface area contributed by atoms with Gasteiger partial charge >= 0.3 is 5.97 Å². The Labute approximate surface area is 130 Å². The van der Waals surface area contributed by atoms with E-state index in [0.717, 1.165) is 11.1 Å². The van der Waals surface area contributed by atoms with Gasteiger partial charge in [-0.3, -0.25) is 4.79 Å². The Morgan fingerprint density at radius 1 is 1.32 bits per heavy atom. The lowest BCUT2D eigenvalue weighted by molar-refractivity contribution is -0.139. The van der Waals surface area contributed by atoms with E-state index in [-0.39, 0.29) is 0 Å². The van der Waals surface area contributed by atoms with Crippen LogP contribution in [0.1, 0.15) is 36.1 Å². The molecule has 1 fully saturated rings. The average molecular weight is 327 g/mol. The van der Waals surface area contributed by atoms with Gasteiger partial charge in [0.15, 0.2) is 0 Å². The molecule has 1 aromatic rings. The quantitative estimate of drug-likeness (QED) is 0.855. The van der Waals surface area contributed by atoms with Crippen LogP contribution in [0.15, 0.2) is 18.2 Å². The number of hydrogen-bond donors (Lipinski definition) is 2. The van der Waals surface area contributed by atoms with Crippen molar-refractivity contribution in [3.8, 4) is 0 Å². The Morgan fingerprint density at radius 2 is 1.91 bits per heavy atom. The van der Waals surface area contributed by atoms with Gasteiger partial charge < -0.3 is 9.84 Å². The van der Waals surface area contributed by atoms with Gasteiger partial charge in [-0.1, -0.05) is 29.3 Å². The Bertz CT molecular complexity index is 650. The predicted molar refractivity (Wildman–Crippen MR) is 82.2 cm³/mol. The first-order valence-electron chi connectivity index (χ1n) is 7.14. The van der Waals surface area contributed by atoms with Gasteiger partial charge in [0.1, 0.15) is 11.3 Å². The molecule has 0 saturated carbocycles. The molecule has 22 heavy (non-hydrogen) atoms. The van der Waals surface area contributed by atoms with E-state index in [1.165, 1.54) is 0 Å². The molecular formula is C15H21NO5S. The predicted octanol–water partition coefficient (Wildman–Crippen LogP) is 1.53. The SMILES string of the molecule is Cc1cc(C)cc(C(NS(=O)(=O)C2CCOC2C)C(=O)O)c1.